The number of ether oxygens (including phenoxy) is 2. The summed E-state index contributed by atoms with van der Waals surface area (Å²) < 4.78 is 10.1. The molecule has 3 unspecified atom stereocenters. The number of methoxy groups -OCH3 is 1. The molecule has 0 saturated heterocycles. The van der Waals surface area contributed by atoms with Crippen LogP contribution >= 0.6 is 0 Å². The quantitative estimate of drug-likeness (QED) is 0.106. The SMILES string of the molecule is COC(=O)[C@@H](NC(=O)CNC(=O)C(=O)C(CC1CC1)NC(=O)C(CC1CC1)NC(=O)C(NC(=O)OCC(C)C)C1CCCCC1)c1ccccc1. The maximum Gasteiger partial charge on any atom is 0.407 e. The Labute approximate surface area is 299 Å². The van der Waals surface area contributed by atoms with E-state index in [4.69, 9.17) is 9.47 Å². The maximum absolute atomic E-state index is 13.8. The standard InChI is InChI=1S/C37H53N5O9/c1-22(2)21-51-37(49)42-30(25-10-6-4-7-11-25)34(46)40-28(19-24-16-17-24)33(45)39-27(18-23-14-15-23)32(44)35(47)38-20-29(43)41-31(36(48)50-3)26-12-8-5-9-13-26/h5,8-9,12-13,22-25,27-28,30-31H,4,6-7,10-11,14-21H2,1-3H3,(H,38,47)(H,39,45)(H,40,46)(H,41,43)(H,42,49)/t27?,28?,30?,31-/m0/s1. The highest BCUT2D eigenvalue weighted by molar-refractivity contribution is 6.38. The van der Waals surface area contributed by atoms with Gasteiger partial charge in [0.15, 0.2) is 6.04 Å². The zero-order valence-electron chi connectivity index (χ0n) is 29.9. The molecular formula is C37H53N5O9. The van der Waals surface area contributed by atoms with E-state index in [1.165, 1.54) is 7.11 Å². The Morgan fingerprint density at radius 2 is 1.35 bits per heavy atom. The zero-order valence-corrected chi connectivity index (χ0v) is 29.9. The minimum Gasteiger partial charge on any atom is -0.467 e. The van der Waals surface area contributed by atoms with Crippen LogP contribution in [0, 0.1) is 23.7 Å². The number of ketones is 1. The van der Waals surface area contributed by atoms with Gasteiger partial charge in [-0.1, -0.05) is 89.1 Å². The first-order valence-corrected chi connectivity index (χ1v) is 18.2. The van der Waals surface area contributed by atoms with E-state index in [2.05, 4.69) is 26.6 Å². The summed E-state index contributed by atoms with van der Waals surface area (Å²) in [6.07, 6.45) is 7.82. The highest BCUT2D eigenvalue weighted by Crippen LogP contribution is 2.35. The number of carbonyl (C=O) groups is 7. The van der Waals surface area contributed by atoms with Crippen LogP contribution in [-0.2, 0) is 38.2 Å². The van der Waals surface area contributed by atoms with Crippen molar-refractivity contribution in [2.24, 2.45) is 23.7 Å². The predicted octanol–water partition coefficient (Wildman–Crippen LogP) is 2.60. The summed E-state index contributed by atoms with van der Waals surface area (Å²) in [4.78, 5) is 91.6. The molecule has 5 N–H and O–H groups in total. The van der Waals surface area contributed by atoms with E-state index >= 15 is 0 Å². The molecule has 280 valence electrons. The van der Waals surface area contributed by atoms with Gasteiger partial charge < -0.3 is 36.1 Å². The van der Waals surface area contributed by atoms with Gasteiger partial charge in [-0.05, 0) is 54.9 Å². The molecule has 0 radical (unpaired) electrons. The first-order chi connectivity index (χ1) is 24.4. The van der Waals surface area contributed by atoms with Crippen LogP contribution in [0.1, 0.15) is 96.1 Å². The van der Waals surface area contributed by atoms with Crippen LogP contribution in [0.3, 0.4) is 0 Å². The van der Waals surface area contributed by atoms with Gasteiger partial charge in [0.05, 0.1) is 26.3 Å². The summed E-state index contributed by atoms with van der Waals surface area (Å²) in [5, 5.41) is 13.2. The molecule has 5 amide bonds. The number of rotatable bonds is 19. The Morgan fingerprint density at radius 1 is 0.745 bits per heavy atom. The van der Waals surface area contributed by atoms with E-state index in [0.29, 0.717) is 12.0 Å². The summed E-state index contributed by atoms with van der Waals surface area (Å²) >= 11 is 0. The molecule has 51 heavy (non-hydrogen) atoms. The van der Waals surface area contributed by atoms with Crippen molar-refractivity contribution in [3.05, 3.63) is 35.9 Å². The smallest absolute Gasteiger partial charge is 0.407 e. The van der Waals surface area contributed by atoms with Crippen LogP contribution in [0.25, 0.3) is 0 Å². The van der Waals surface area contributed by atoms with Crippen LogP contribution in [0.2, 0.25) is 0 Å². The number of benzene rings is 1. The second-order valence-corrected chi connectivity index (χ2v) is 14.5. The molecule has 3 aliphatic rings. The van der Waals surface area contributed by atoms with E-state index in [9.17, 15) is 33.6 Å². The molecule has 3 fully saturated rings. The van der Waals surface area contributed by atoms with Crippen LogP contribution in [0.5, 0.6) is 0 Å². The van der Waals surface area contributed by atoms with Crippen LogP contribution in [0.4, 0.5) is 4.79 Å². The van der Waals surface area contributed by atoms with Gasteiger partial charge in [-0.2, -0.15) is 0 Å². The van der Waals surface area contributed by atoms with Crippen molar-refractivity contribution in [2.45, 2.75) is 109 Å². The largest absolute Gasteiger partial charge is 0.467 e. The predicted molar refractivity (Wildman–Crippen MR) is 186 cm³/mol. The van der Waals surface area contributed by atoms with Crippen LogP contribution in [-0.4, -0.2) is 79.9 Å². The van der Waals surface area contributed by atoms with Gasteiger partial charge in [0.2, 0.25) is 23.5 Å². The average molecular weight is 712 g/mol. The first-order valence-electron chi connectivity index (χ1n) is 18.2. The van der Waals surface area contributed by atoms with Crippen LogP contribution in [0.15, 0.2) is 30.3 Å². The molecule has 0 heterocycles. The van der Waals surface area contributed by atoms with E-state index in [1.54, 1.807) is 30.3 Å². The Kier molecular flexibility index (Phi) is 14.8. The molecule has 0 aromatic heterocycles. The lowest BCUT2D eigenvalue weighted by atomic mass is 9.83. The average Bonchev–Trinajstić information content (AvgIpc) is 4.08. The lowest BCUT2D eigenvalue weighted by Gasteiger charge is -2.31. The number of hydrogen-bond donors (Lipinski definition) is 5. The molecule has 4 atom stereocenters. The Balaban J connectivity index is 1.39. The van der Waals surface area contributed by atoms with Gasteiger partial charge in [-0.15, -0.1) is 0 Å². The maximum atomic E-state index is 13.8. The number of alkyl carbamates (subject to hydrolysis) is 1. The third-order valence-corrected chi connectivity index (χ3v) is 9.53. The van der Waals surface area contributed by atoms with Crippen molar-refractivity contribution in [1.29, 1.82) is 0 Å². The lowest BCUT2D eigenvalue weighted by molar-refractivity contribution is -0.145. The van der Waals surface area contributed by atoms with E-state index in [0.717, 1.165) is 57.8 Å². The third kappa shape index (κ3) is 13.0. The molecule has 4 rings (SSSR count). The molecule has 1 aromatic rings. The molecule has 0 aliphatic heterocycles. The van der Waals surface area contributed by atoms with Crippen molar-refractivity contribution >= 4 is 41.5 Å². The number of Topliss-reactive ketones (excluding diaryl/α,β-unsaturated/α-hetero) is 1. The number of esters is 1. The molecule has 1 aromatic carbocycles. The van der Waals surface area contributed by atoms with E-state index < -0.39 is 72.2 Å². The van der Waals surface area contributed by atoms with Crippen molar-refractivity contribution in [2.75, 3.05) is 20.3 Å². The fourth-order valence-electron chi connectivity index (χ4n) is 6.31. The monoisotopic (exact) mass is 711 g/mol. The number of hydrogen-bond acceptors (Lipinski definition) is 9. The summed E-state index contributed by atoms with van der Waals surface area (Å²) in [5.41, 5.74) is 0.479. The number of nitrogens with one attached hydrogen (secondary N) is 5. The topological polar surface area (TPSA) is 198 Å². The first kappa shape index (κ1) is 39.3. The molecule has 14 heteroatoms. The van der Waals surface area contributed by atoms with Crippen molar-refractivity contribution in [3.63, 3.8) is 0 Å². The van der Waals surface area contributed by atoms with Gasteiger partial charge in [-0.3, -0.25) is 24.0 Å². The minimum absolute atomic E-state index is 0.115. The zero-order chi connectivity index (χ0) is 36.9. The molecule has 0 spiro atoms. The van der Waals surface area contributed by atoms with Crippen molar-refractivity contribution in [3.8, 4) is 0 Å². The third-order valence-electron chi connectivity index (χ3n) is 9.53. The van der Waals surface area contributed by atoms with Gasteiger partial charge in [0.1, 0.15) is 12.1 Å². The molecule has 3 aliphatic carbocycles. The summed E-state index contributed by atoms with van der Waals surface area (Å²) in [7, 11) is 1.19. The second kappa shape index (κ2) is 19.2. The fourth-order valence-corrected chi connectivity index (χ4v) is 6.31. The summed E-state index contributed by atoms with van der Waals surface area (Å²) in [6, 6.07) is 4.27. The Bertz CT molecular complexity index is 1390. The molecular weight excluding hydrogens is 658 g/mol. The van der Waals surface area contributed by atoms with Crippen molar-refractivity contribution in [1.82, 2.24) is 26.6 Å². The lowest BCUT2D eigenvalue weighted by Crippen LogP contribution is -2.58. The van der Waals surface area contributed by atoms with Crippen molar-refractivity contribution < 1.29 is 43.0 Å². The number of carbonyl (C=O) groups excluding carboxylic acids is 7. The fraction of sp³-hybridized carbons (Fsp3) is 0.649. The van der Waals surface area contributed by atoms with Gasteiger partial charge in [-0.25, -0.2) is 9.59 Å². The van der Waals surface area contributed by atoms with E-state index in [1.807, 2.05) is 13.8 Å². The van der Waals surface area contributed by atoms with Gasteiger partial charge >= 0.3 is 12.1 Å². The summed E-state index contributed by atoms with van der Waals surface area (Å²) in [5.74, 6) is -4.10. The minimum atomic E-state index is -1.17. The molecule has 14 nitrogen and oxygen atoms in total. The normalized spacial score (nSPS) is 18.3. The highest BCUT2D eigenvalue weighted by Gasteiger charge is 2.39. The molecule has 3 saturated carbocycles. The Hall–Kier alpha value is -4.49. The van der Waals surface area contributed by atoms with Gasteiger partial charge in [0, 0.05) is 0 Å². The Morgan fingerprint density at radius 3 is 1.94 bits per heavy atom. The van der Waals surface area contributed by atoms with E-state index in [-0.39, 0.29) is 36.7 Å². The highest BCUT2D eigenvalue weighted by atomic mass is 16.5. The van der Waals surface area contributed by atoms with Gasteiger partial charge in [0.25, 0.3) is 5.91 Å². The molecule has 0 bridgehead atoms. The number of amides is 5. The summed E-state index contributed by atoms with van der Waals surface area (Å²) in [6.45, 7) is 3.44. The van der Waals surface area contributed by atoms with Crippen LogP contribution < -0.4 is 26.6 Å². The second-order valence-electron chi connectivity index (χ2n) is 14.5.